The first-order valence-electron chi connectivity index (χ1n) is 5.61. The van der Waals surface area contributed by atoms with Gasteiger partial charge in [0.1, 0.15) is 0 Å². The number of carbonyl (C=O) groups is 2. The molecule has 4 nitrogen and oxygen atoms in total. The number of benzene rings is 1. The minimum Gasteiger partial charge on any atom is -0.325 e. The molecule has 18 heavy (non-hydrogen) atoms. The molecular weight excluding hydrogens is 252 g/mol. The molecule has 1 aliphatic heterocycles. The maximum absolute atomic E-state index is 12.4. The van der Waals surface area contributed by atoms with Crippen LogP contribution in [0, 0.1) is 11.8 Å². The lowest BCUT2D eigenvalue weighted by atomic mass is 9.88. The standard InChI is InChI=1S/C13H13ClN2O2/c1-7-10(6-15-2)12(17)9-4-3-8(14)5-11(9)16-13(7)18/h3-7,10H,1-2H3,(H,16,18)/t7-,10?/m1/s1. The zero-order valence-electron chi connectivity index (χ0n) is 10.1. The molecule has 0 aromatic heterocycles. The number of aliphatic imine (C=N–C) groups is 1. The van der Waals surface area contributed by atoms with E-state index in [2.05, 4.69) is 10.3 Å². The topological polar surface area (TPSA) is 58.5 Å². The SMILES string of the molecule is CN=CC1C(=O)c2ccc(Cl)cc2NC(=O)[C@@H]1C. The summed E-state index contributed by atoms with van der Waals surface area (Å²) in [4.78, 5) is 28.2. The molecule has 2 atom stereocenters. The highest BCUT2D eigenvalue weighted by atomic mass is 35.5. The number of carbonyl (C=O) groups excluding carboxylic acids is 2. The van der Waals surface area contributed by atoms with Crippen LogP contribution in [0.2, 0.25) is 5.02 Å². The minimum absolute atomic E-state index is 0.113. The molecule has 1 aromatic rings. The lowest BCUT2D eigenvalue weighted by Crippen LogP contribution is -2.29. The van der Waals surface area contributed by atoms with Crippen molar-refractivity contribution in [2.45, 2.75) is 6.92 Å². The van der Waals surface area contributed by atoms with E-state index in [-0.39, 0.29) is 11.7 Å². The first-order valence-corrected chi connectivity index (χ1v) is 5.99. The average Bonchev–Trinajstić information content (AvgIpc) is 2.41. The van der Waals surface area contributed by atoms with Gasteiger partial charge in [-0.25, -0.2) is 0 Å². The van der Waals surface area contributed by atoms with Gasteiger partial charge >= 0.3 is 0 Å². The van der Waals surface area contributed by atoms with Crippen molar-refractivity contribution in [3.63, 3.8) is 0 Å². The summed E-state index contributed by atoms with van der Waals surface area (Å²) in [5.74, 6) is -1.29. The van der Waals surface area contributed by atoms with Gasteiger partial charge in [-0.2, -0.15) is 0 Å². The van der Waals surface area contributed by atoms with Crippen LogP contribution in [-0.2, 0) is 4.79 Å². The molecule has 94 valence electrons. The molecule has 1 N–H and O–H groups in total. The summed E-state index contributed by atoms with van der Waals surface area (Å²) in [6.45, 7) is 1.72. The van der Waals surface area contributed by atoms with E-state index >= 15 is 0 Å². The summed E-state index contributed by atoms with van der Waals surface area (Å²) in [5, 5.41) is 3.21. The number of ketones is 1. The van der Waals surface area contributed by atoms with Crippen LogP contribution < -0.4 is 5.32 Å². The van der Waals surface area contributed by atoms with Gasteiger partial charge in [0.2, 0.25) is 5.91 Å². The Morgan fingerprint density at radius 1 is 1.39 bits per heavy atom. The zero-order chi connectivity index (χ0) is 13.3. The highest BCUT2D eigenvalue weighted by molar-refractivity contribution is 6.31. The molecule has 0 saturated heterocycles. The fourth-order valence-electron chi connectivity index (χ4n) is 2.01. The number of fused-ring (bicyclic) bond motifs is 1. The van der Waals surface area contributed by atoms with E-state index in [9.17, 15) is 9.59 Å². The number of amides is 1. The molecule has 5 heteroatoms. The normalized spacial score (nSPS) is 23.7. The number of nitrogens with one attached hydrogen (secondary N) is 1. The Hall–Kier alpha value is -1.68. The second-order valence-electron chi connectivity index (χ2n) is 4.27. The molecule has 0 fully saturated rings. The van der Waals surface area contributed by atoms with Crippen LogP contribution in [0.3, 0.4) is 0 Å². The van der Waals surface area contributed by atoms with Gasteiger partial charge in [-0.05, 0) is 18.2 Å². The van der Waals surface area contributed by atoms with Crippen LogP contribution in [0.1, 0.15) is 17.3 Å². The predicted molar refractivity (Wildman–Crippen MR) is 71.5 cm³/mol. The summed E-state index contributed by atoms with van der Waals surface area (Å²) in [6, 6.07) is 4.86. The van der Waals surface area contributed by atoms with Crippen LogP contribution in [-0.4, -0.2) is 25.0 Å². The van der Waals surface area contributed by atoms with Gasteiger partial charge in [0, 0.05) is 23.8 Å². The Balaban J connectivity index is 2.55. The second kappa shape index (κ2) is 4.90. The molecule has 0 aliphatic carbocycles. The van der Waals surface area contributed by atoms with Crippen LogP contribution in [0.15, 0.2) is 23.2 Å². The first-order chi connectivity index (χ1) is 8.54. The predicted octanol–water partition coefficient (Wildman–Crippen LogP) is 2.43. The highest BCUT2D eigenvalue weighted by Crippen LogP contribution is 2.29. The van der Waals surface area contributed by atoms with Crippen LogP contribution in [0.5, 0.6) is 0 Å². The number of rotatable bonds is 1. The van der Waals surface area contributed by atoms with Crippen molar-refractivity contribution in [2.24, 2.45) is 16.8 Å². The second-order valence-corrected chi connectivity index (χ2v) is 4.70. The highest BCUT2D eigenvalue weighted by Gasteiger charge is 2.34. The van der Waals surface area contributed by atoms with Crippen LogP contribution >= 0.6 is 11.6 Å². The number of Topliss-reactive ketones (excluding diaryl/α,β-unsaturated/α-hetero) is 1. The molecule has 2 rings (SSSR count). The van der Waals surface area contributed by atoms with Gasteiger partial charge in [0.15, 0.2) is 5.78 Å². The number of anilines is 1. The van der Waals surface area contributed by atoms with Crippen molar-refractivity contribution in [3.05, 3.63) is 28.8 Å². The molecule has 1 aliphatic rings. The van der Waals surface area contributed by atoms with Gasteiger partial charge in [-0.1, -0.05) is 18.5 Å². The van der Waals surface area contributed by atoms with E-state index in [4.69, 9.17) is 11.6 Å². The monoisotopic (exact) mass is 264 g/mol. The van der Waals surface area contributed by atoms with Gasteiger partial charge in [0.05, 0.1) is 17.5 Å². The fraction of sp³-hybridized carbons (Fsp3) is 0.308. The Bertz CT molecular complexity index is 540. The van der Waals surface area contributed by atoms with E-state index in [1.54, 1.807) is 32.2 Å². The minimum atomic E-state index is -0.530. The van der Waals surface area contributed by atoms with Gasteiger partial charge in [0.25, 0.3) is 0 Å². The lowest BCUT2D eigenvalue weighted by molar-refractivity contribution is -0.119. The Kier molecular flexibility index (Phi) is 3.48. The molecular formula is C13H13ClN2O2. The van der Waals surface area contributed by atoms with Crippen LogP contribution in [0.4, 0.5) is 5.69 Å². The summed E-state index contributed by atoms with van der Waals surface area (Å²) >= 11 is 5.87. The Morgan fingerprint density at radius 3 is 2.78 bits per heavy atom. The van der Waals surface area contributed by atoms with Crippen molar-refractivity contribution in [1.82, 2.24) is 0 Å². The molecule has 1 amide bonds. The molecule has 0 spiro atoms. The maximum Gasteiger partial charge on any atom is 0.228 e. The third-order valence-electron chi connectivity index (χ3n) is 3.07. The third-order valence-corrected chi connectivity index (χ3v) is 3.30. The van der Waals surface area contributed by atoms with Crippen LogP contribution in [0.25, 0.3) is 0 Å². The van der Waals surface area contributed by atoms with Crippen molar-refractivity contribution in [2.75, 3.05) is 12.4 Å². The summed E-state index contributed by atoms with van der Waals surface area (Å²) in [5.41, 5.74) is 0.943. The molecule has 1 heterocycles. The average molecular weight is 265 g/mol. The smallest absolute Gasteiger partial charge is 0.228 e. The Labute approximate surface area is 110 Å². The molecule has 0 radical (unpaired) electrons. The van der Waals surface area contributed by atoms with Crippen molar-refractivity contribution >= 4 is 35.2 Å². The van der Waals surface area contributed by atoms with Gasteiger partial charge in [-0.15, -0.1) is 0 Å². The summed E-state index contributed by atoms with van der Waals surface area (Å²) in [7, 11) is 1.59. The molecule has 1 aromatic carbocycles. The van der Waals surface area contributed by atoms with Crippen molar-refractivity contribution in [1.29, 1.82) is 0 Å². The summed E-state index contributed by atoms with van der Waals surface area (Å²) in [6.07, 6.45) is 1.52. The van der Waals surface area contributed by atoms with E-state index in [0.29, 0.717) is 16.3 Å². The number of hydrogen-bond acceptors (Lipinski definition) is 3. The largest absolute Gasteiger partial charge is 0.325 e. The Morgan fingerprint density at radius 2 is 2.11 bits per heavy atom. The summed E-state index contributed by atoms with van der Waals surface area (Å²) < 4.78 is 0. The van der Waals surface area contributed by atoms with E-state index < -0.39 is 11.8 Å². The molecule has 0 bridgehead atoms. The maximum atomic E-state index is 12.4. The number of nitrogens with zero attached hydrogens (tertiary/aromatic N) is 1. The van der Waals surface area contributed by atoms with Gasteiger partial charge in [-0.3, -0.25) is 9.59 Å². The molecule has 1 unspecified atom stereocenters. The van der Waals surface area contributed by atoms with Crippen molar-refractivity contribution in [3.8, 4) is 0 Å². The first kappa shape index (κ1) is 12.8. The van der Waals surface area contributed by atoms with E-state index in [1.807, 2.05) is 0 Å². The zero-order valence-corrected chi connectivity index (χ0v) is 10.9. The third kappa shape index (κ3) is 2.16. The van der Waals surface area contributed by atoms with E-state index in [1.165, 1.54) is 6.21 Å². The van der Waals surface area contributed by atoms with E-state index in [0.717, 1.165) is 0 Å². The quantitative estimate of drug-likeness (QED) is 0.792. The lowest BCUT2D eigenvalue weighted by Gasteiger charge is -2.13. The fourth-order valence-corrected chi connectivity index (χ4v) is 2.18. The number of halogens is 1. The van der Waals surface area contributed by atoms with Crippen molar-refractivity contribution < 1.29 is 9.59 Å². The number of hydrogen-bond donors (Lipinski definition) is 1. The van der Waals surface area contributed by atoms with Gasteiger partial charge < -0.3 is 10.3 Å². The molecule has 0 saturated carbocycles.